The number of ether oxygens (including phenoxy) is 1. The molecular weight excluding hydrogens is 383 g/mol. The molecule has 0 unspecified atom stereocenters. The minimum Gasteiger partial charge on any atom is -0.395 e. The molecule has 5 atom stereocenters. The zero-order valence-corrected chi connectivity index (χ0v) is 16.2. The maximum atomic E-state index is 13.2. The Morgan fingerprint density at radius 3 is 2.54 bits per heavy atom. The maximum absolute atomic E-state index is 13.2. The third-order valence-corrected chi connectivity index (χ3v) is 7.30. The van der Waals surface area contributed by atoms with Crippen LogP contribution in [0.1, 0.15) is 27.8 Å². The van der Waals surface area contributed by atoms with Crippen LogP contribution >= 0.6 is 11.8 Å². The summed E-state index contributed by atoms with van der Waals surface area (Å²) < 4.78 is 19.2. The smallest absolute Gasteiger partial charge is 0.168 e. The van der Waals surface area contributed by atoms with E-state index < -0.39 is 28.5 Å². The number of aliphatic hydroxyl groups is 4. The van der Waals surface area contributed by atoms with Crippen LogP contribution in [0.5, 0.6) is 0 Å². The Morgan fingerprint density at radius 2 is 1.86 bits per heavy atom. The molecule has 1 fully saturated rings. The quantitative estimate of drug-likeness (QED) is 0.619. The molecule has 0 aromatic heterocycles. The Labute approximate surface area is 166 Å². The van der Waals surface area contributed by atoms with E-state index in [1.165, 1.54) is 12.1 Å². The third-order valence-electron chi connectivity index (χ3n) is 5.64. The van der Waals surface area contributed by atoms with Crippen molar-refractivity contribution >= 4 is 11.8 Å². The van der Waals surface area contributed by atoms with Crippen LogP contribution in [0.3, 0.4) is 0 Å². The first kappa shape index (κ1) is 19.8. The molecule has 4 N–H and O–H groups in total. The Hall–Kier alpha value is -1.48. The molecule has 0 aliphatic carbocycles. The predicted molar refractivity (Wildman–Crippen MR) is 103 cm³/mol. The molecule has 1 spiro atoms. The van der Waals surface area contributed by atoms with Gasteiger partial charge in [-0.1, -0.05) is 24.3 Å². The lowest BCUT2D eigenvalue weighted by Crippen LogP contribution is -2.58. The highest BCUT2D eigenvalue weighted by Gasteiger charge is 2.57. The van der Waals surface area contributed by atoms with Gasteiger partial charge in [-0.25, -0.2) is 4.39 Å². The second-order valence-electron chi connectivity index (χ2n) is 7.46. The summed E-state index contributed by atoms with van der Waals surface area (Å²) in [5.41, 5.74) is 4.67. The van der Waals surface area contributed by atoms with Gasteiger partial charge in [0.1, 0.15) is 18.0 Å². The zero-order valence-electron chi connectivity index (χ0n) is 15.4. The Kier molecular flexibility index (Phi) is 5.24. The van der Waals surface area contributed by atoms with Crippen LogP contribution in [0.2, 0.25) is 0 Å². The molecular formula is C21H23FO5S. The van der Waals surface area contributed by atoms with Gasteiger partial charge in [0.2, 0.25) is 0 Å². The second kappa shape index (κ2) is 7.40. The molecule has 1 saturated heterocycles. The monoisotopic (exact) mass is 406 g/mol. The third kappa shape index (κ3) is 3.16. The molecule has 2 aromatic rings. The molecule has 7 heteroatoms. The fourth-order valence-electron chi connectivity index (χ4n) is 4.01. The summed E-state index contributed by atoms with van der Waals surface area (Å²) in [6, 6.07) is 10.3. The summed E-state index contributed by atoms with van der Waals surface area (Å²) in [5, 5.41) is 40.2. The van der Waals surface area contributed by atoms with E-state index in [2.05, 4.69) is 0 Å². The number of benzene rings is 2. The number of aliphatic hydroxyl groups excluding tert-OH is 4. The lowest BCUT2D eigenvalue weighted by atomic mass is 9.89. The Bertz CT molecular complexity index is 872. The highest BCUT2D eigenvalue weighted by molar-refractivity contribution is 8.00. The molecule has 2 aliphatic heterocycles. The minimum atomic E-state index is -1.42. The highest BCUT2D eigenvalue weighted by atomic mass is 32.2. The standard InChI is InChI=1S/C21H23FO5S/c1-11-6-14-10-27-21(20(26)19(25)18(24)17(9-23)28-21)16(14)8-13(11)7-12-2-4-15(22)5-3-12/h2-6,8,17-20,23-26H,7,9-10H2,1H3/t17-,18-,19+,20-,21+/m1/s1. The largest absolute Gasteiger partial charge is 0.395 e. The number of aryl methyl sites for hydroxylation is 1. The van der Waals surface area contributed by atoms with Gasteiger partial charge >= 0.3 is 0 Å². The topological polar surface area (TPSA) is 90.2 Å². The summed E-state index contributed by atoms with van der Waals surface area (Å²) in [6.45, 7) is 1.92. The van der Waals surface area contributed by atoms with E-state index in [1.807, 2.05) is 19.1 Å². The molecule has 0 radical (unpaired) electrons. The number of halogens is 1. The van der Waals surface area contributed by atoms with Gasteiger partial charge in [0.15, 0.2) is 4.93 Å². The predicted octanol–water partition coefficient (Wildman–Crippen LogP) is 1.60. The van der Waals surface area contributed by atoms with Gasteiger partial charge in [-0.05, 0) is 47.7 Å². The van der Waals surface area contributed by atoms with E-state index in [0.29, 0.717) is 6.42 Å². The van der Waals surface area contributed by atoms with Crippen LogP contribution < -0.4 is 0 Å². The summed E-state index contributed by atoms with van der Waals surface area (Å²) in [5.74, 6) is -0.286. The van der Waals surface area contributed by atoms with E-state index in [0.717, 1.165) is 39.6 Å². The highest BCUT2D eigenvalue weighted by Crippen LogP contribution is 2.54. The van der Waals surface area contributed by atoms with E-state index in [4.69, 9.17) is 4.74 Å². The number of fused-ring (bicyclic) bond motifs is 2. The van der Waals surface area contributed by atoms with Crippen molar-refractivity contribution in [2.75, 3.05) is 6.61 Å². The number of hydrogen-bond donors (Lipinski definition) is 4. The van der Waals surface area contributed by atoms with E-state index in [1.54, 1.807) is 12.1 Å². The van der Waals surface area contributed by atoms with Crippen LogP contribution in [-0.2, 0) is 22.7 Å². The van der Waals surface area contributed by atoms with Crippen LogP contribution in [0.4, 0.5) is 4.39 Å². The lowest BCUT2D eigenvalue weighted by Gasteiger charge is -2.45. The summed E-state index contributed by atoms with van der Waals surface area (Å²) >= 11 is 1.15. The molecule has 150 valence electrons. The average Bonchev–Trinajstić information content (AvgIpc) is 3.03. The average molecular weight is 406 g/mol. The van der Waals surface area contributed by atoms with E-state index in [9.17, 15) is 24.8 Å². The zero-order chi connectivity index (χ0) is 20.1. The molecule has 2 aromatic carbocycles. The normalized spacial score (nSPS) is 31.9. The van der Waals surface area contributed by atoms with Gasteiger partial charge in [-0.15, -0.1) is 11.8 Å². The van der Waals surface area contributed by atoms with Crippen LogP contribution in [0.25, 0.3) is 0 Å². The van der Waals surface area contributed by atoms with Gasteiger partial charge < -0.3 is 25.2 Å². The van der Waals surface area contributed by atoms with Gasteiger partial charge in [-0.3, -0.25) is 0 Å². The molecule has 0 saturated carbocycles. The number of rotatable bonds is 3. The molecule has 4 rings (SSSR count). The molecule has 0 bridgehead atoms. The van der Waals surface area contributed by atoms with Crippen molar-refractivity contribution in [3.63, 3.8) is 0 Å². The van der Waals surface area contributed by atoms with E-state index in [-0.39, 0.29) is 19.0 Å². The SMILES string of the molecule is Cc1cc2c(cc1Cc1ccc(F)cc1)[C@]1(OC2)S[C@H](CO)[C@@H](O)[C@H](O)[C@H]1O. The van der Waals surface area contributed by atoms with Gasteiger partial charge in [0.25, 0.3) is 0 Å². The summed E-state index contributed by atoms with van der Waals surface area (Å²) in [4.78, 5) is -1.24. The van der Waals surface area contributed by atoms with Crippen molar-refractivity contribution in [2.45, 2.75) is 48.4 Å². The van der Waals surface area contributed by atoms with Crippen LogP contribution in [-0.4, -0.2) is 50.6 Å². The van der Waals surface area contributed by atoms with Crippen molar-refractivity contribution in [3.05, 3.63) is 70.0 Å². The number of thioether (sulfide) groups is 1. The second-order valence-corrected chi connectivity index (χ2v) is 8.91. The first-order chi connectivity index (χ1) is 13.4. The molecule has 28 heavy (non-hydrogen) atoms. The summed E-state index contributed by atoms with van der Waals surface area (Å²) in [6.07, 6.45) is -3.42. The Balaban J connectivity index is 1.73. The fourth-order valence-corrected chi connectivity index (χ4v) is 5.56. The molecule has 2 heterocycles. The molecule has 2 aliphatic rings. The lowest BCUT2D eigenvalue weighted by molar-refractivity contribution is -0.147. The van der Waals surface area contributed by atoms with Crippen molar-refractivity contribution in [1.29, 1.82) is 0 Å². The summed E-state index contributed by atoms with van der Waals surface area (Å²) in [7, 11) is 0. The van der Waals surface area contributed by atoms with Gasteiger partial charge in [0.05, 0.1) is 24.6 Å². The van der Waals surface area contributed by atoms with Crippen molar-refractivity contribution < 1.29 is 29.6 Å². The molecule has 0 amide bonds. The van der Waals surface area contributed by atoms with Gasteiger partial charge in [-0.2, -0.15) is 0 Å². The number of hydrogen-bond acceptors (Lipinski definition) is 6. The van der Waals surface area contributed by atoms with E-state index >= 15 is 0 Å². The molecule has 5 nitrogen and oxygen atoms in total. The van der Waals surface area contributed by atoms with Gasteiger partial charge in [0, 0.05) is 5.56 Å². The van der Waals surface area contributed by atoms with Crippen molar-refractivity contribution in [2.24, 2.45) is 0 Å². The minimum absolute atomic E-state index is 0.276. The van der Waals surface area contributed by atoms with Crippen LogP contribution in [0.15, 0.2) is 36.4 Å². The first-order valence-electron chi connectivity index (χ1n) is 9.20. The Morgan fingerprint density at radius 1 is 1.14 bits per heavy atom. The first-order valence-corrected chi connectivity index (χ1v) is 10.1. The fraction of sp³-hybridized carbons (Fsp3) is 0.429. The van der Waals surface area contributed by atoms with Crippen LogP contribution in [0, 0.1) is 12.7 Å². The van der Waals surface area contributed by atoms with Crippen molar-refractivity contribution in [1.82, 2.24) is 0 Å². The van der Waals surface area contributed by atoms with Crippen molar-refractivity contribution in [3.8, 4) is 0 Å². The maximum Gasteiger partial charge on any atom is 0.168 e.